The number of aryl methyl sites for hydroxylation is 1. The van der Waals surface area contributed by atoms with Gasteiger partial charge in [0.2, 0.25) is 0 Å². The van der Waals surface area contributed by atoms with Crippen molar-refractivity contribution in [3.8, 4) is 22.4 Å². The number of aromatic nitrogens is 1. The van der Waals surface area contributed by atoms with E-state index in [1.807, 2.05) is 31.2 Å². The van der Waals surface area contributed by atoms with Crippen LogP contribution >= 0.6 is 11.6 Å². The first-order valence-electron chi connectivity index (χ1n) is 8.54. The molecule has 0 bridgehead atoms. The molecular weight excluding hydrogens is 333 g/mol. The van der Waals surface area contributed by atoms with Gasteiger partial charge in [0.15, 0.2) is 0 Å². The predicted octanol–water partition coefficient (Wildman–Crippen LogP) is 7.12. The van der Waals surface area contributed by atoms with Gasteiger partial charge in [-0.2, -0.15) is 0 Å². The molecular formula is C22H23ClFN. The highest BCUT2D eigenvalue weighted by Gasteiger charge is 2.22. The van der Waals surface area contributed by atoms with Crippen LogP contribution < -0.4 is 0 Å². The van der Waals surface area contributed by atoms with Gasteiger partial charge in [0.05, 0.1) is 5.69 Å². The van der Waals surface area contributed by atoms with Gasteiger partial charge in [-0.3, -0.25) is 0 Å². The molecule has 130 valence electrons. The molecule has 1 nitrogen and oxygen atoms in total. The van der Waals surface area contributed by atoms with Crippen LogP contribution in [0.15, 0.2) is 42.5 Å². The molecule has 2 aromatic carbocycles. The van der Waals surface area contributed by atoms with Crippen molar-refractivity contribution in [2.75, 3.05) is 0 Å². The lowest BCUT2D eigenvalue weighted by molar-refractivity contribution is 0.594. The van der Waals surface area contributed by atoms with E-state index >= 15 is 0 Å². The minimum atomic E-state index is -0.202. The first-order valence-corrected chi connectivity index (χ1v) is 8.92. The summed E-state index contributed by atoms with van der Waals surface area (Å²) < 4.78 is 16.4. The van der Waals surface area contributed by atoms with Crippen molar-refractivity contribution in [2.24, 2.45) is 0 Å². The Kier molecular flexibility index (Phi) is 4.75. The van der Waals surface area contributed by atoms with E-state index in [1.165, 1.54) is 11.3 Å². The van der Waals surface area contributed by atoms with E-state index in [0.717, 1.165) is 27.9 Å². The Bertz CT molecular complexity index is 900. The van der Waals surface area contributed by atoms with Gasteiger partial charge >= 0.3 is 0 Å². The van der Waals surface area contributed by atoms with Gasteiger partial charge in [0, 0.05) is 22.3 Å². The summed E-state index contributed by atoms with van der Waals surface area (Å²) in [7, 11) is 0. The zero-order chi connectivity index (χ0) is 18.3. The molecule has 25 heavy (non-hydrogen) atoms. The molecule has 0 unspecified atom stereocenters. The first-order chi connectivity index (χ1) is 11.8. The van der Waals surface area contributed by atoms with Gasteiger partial charge in [-0.15, -0.1) is 0 Å². The van der Waals surface area contributed by atoms with Crippen LogP contribution in [-0.4, -0.2) is 4.57 Å². The lowest BCUT2D eigenvalue weighted by Crippen LogP contribution is -2.05. The quantitative estimate of drug-likeness (QED) is 0.471. The van der Waals surface area contributed by atoms with E-state index in [-0.39, 0.29) is 5.82 Å². The van der Waals surface area contributed by atoms with Crippen molar-refractivity contribution >= 4 is 11.6 Å². The Morgan fingerprint density at radius 1 is 0.920 bits per heavy atom. The molecule has 0 aliphatic heterocycles. The summed E-state index contributed by atoms with van der Waals surface area (Å²) in [6.07, 6.45) is 0. The van der Waals surface area contributed by atoms with Crippen LogP contribution in [0.5, 0.6) is 0 Å². The lowest BCUT2D eigenvalue weighted by atomic mass is 9.96. The molecule has 0 aliphatic rings. The molecule has 0 saturated carbocycles. The van der Waals surface area contributed by atoms with Crippen LogP contribution in [0.1, 0.15) is 36.7 Å². The summed E-state index contributed by atoms with van der Waals surface area (Å²) in [6.45, 7) is 10.5. The second kappa shape index (κ2) is 6.68. The van der Waals surface area contributed by atoms with Crippen molar-refractivity contribution in [2.45, 2.75) is 40.7 Å². The first kappa shape index (κ1) is 17.8. The fourth-order valence-corrected chi connectivity index (χ4v) is 3.72. The summed E-state index contributed by atoms with van der Waals surface area (Å²) in [5, 5.41) is 0.711. The van der Waals surface area contributed by atoms with Gasteiger partial charge < -0.3 is 4.57 Å². The molecule has 3 heteroatoms. The predicted molar refractivity (Wildman–Crippen MR) is 105 cm³/mol. The highest BCUT2D eigenvalue weighted by Crippen LogP contribution is 2.41. The van der Waals surface area contributed by atoms with E-state index in [1.54, 1.807) is 12.1 Å². The van der Waals surface area contributed by atoms with Crippen molar-refractivity contribution in [1.82, 2.24) is 4.57 Å². The molecule has 0 spiro atoms. The van der Waals surface area contributed by atoms with Gasteiger partial charge in [0.1, 0.15) is 5.82 Å². The maximum atomic E-state index is 14.1. The normalized spacial score (nSPS) is 11.4. The Balaban J connectivity index is 2.38. The summed E-state index contributed by atoms with van der Waals surface area (Å²) >= 11 is 6.08. The summed E-state index contributed by atoms with van der Waals surface area (Å²) in [6, 6.07) is 13.4. The topological polar surface area (TPSA) is 4.93 Å². The SMILES string of the molecule is Cc1cc(F)cc(-c2c(C)c(C)n(C(C)C)c2-c2ccc(Cl)cc2)c1. The number of hydrogen-bond acceptors (Lipinski definition) is 0. The summed E-state index contributed by atoms with van der Waals surface area (Å²) in [5.41, 5.74) is 7.53. The number of halogens is 2. The Morgan fingerprint density at radius 3 is 2.12 bits per heavy atom. The lowest BCUT2D eigenvalue weighted by Gasteiger charge is -2.17. The molecule has 0 saturated heterocycles. The second-order valence-electron chi connectivity index (χ2n) is 6.92. The highest BCUT2D eigenvalue weighted by molar-refractivity contribution is 6.30. The molecule has 0 radical (unpaired) electrons. The Morgan fingerprint density at radius 2 is 1.56 bits per heavy atom. The fourth-order valence-electron chi connectivity index (χ4n) is 3.60. The molecule has 0 amide bonds. The van der Waals surface area contributed by atoms with E-state index in [9.17, 15) is 4.39 Å². The smallest absolute Gasteiger partial charge is 0.124 e. The second-order valence-corrected chi connectivity index (χ2v) is 7.36. The number of rotatable bonds is 3. The molecule has 1 aromatic heterocycles. The van der Waals surface area contributed by atoms with Crippen LogP contribution in [0, 0.1) is 26.6 Å². The zero-order valence-corrected chi connectivity index (χ0v) is 16.1. The molecule has 0 atom stereocenters. The van der Waals surface area contributed by atoms with Gasteiger partial charge in [-0.1, -0.05) is 29.8 Å². The summed E-state index contributed by atoms with van der Waals surface area (Å²) in [5.74, 6) is -0.202. The van der Waals surface area contributed by atoms with Crippen molar-refractivity contribution in [3.63, 3.8) is 0 Å². The fraction of sp³-hybridized carbons (Fsp3) is 0.273. The number of benzene rings is 2. The summed E-state index contributed by atoms with van der Waals surface area (Å²) in [4.78, 5) is 0. The van der Waals surface area contributed by atoms with Gasteiger partial charge in [0.25, 0.3) is 0 Å². The van der Waals surface area contributed by atoms with Gasteiger partial charge in [-0.25, -0.2) is 4.39 Å². The number of hydrogen-bond donors (Lipinski definition) is 0. The highest BCUT2D eigenvalue weighted by atomic mass is 35.5. The molecule has 0 fully saturated rings. The van der Waals surface area contributed by atoms with Crippen LogP contribution in [0.3, 0.4) is 0 Å². The zero-order valence-electron chi connectivity index (χ0n) is 15.3. The third kappa shape index (κ3) is 3.23. The van der Waals surface area contributed by atoms with Crippen LogP contribution in [0.25, 0.3) is 22.4 Å². The van der Waals surface area contributed by atoms with Gasteiger partial charge in [-0.05, 0) is 81.1 Å². The Labute approximate surface area is 154 Å². The molecule has 1 heterocycles. The largest absolute Gasteiger partial charge is 0.342 e. The van der Waals surface area contributed by atoms with Crippen LogP contribution in [0.2, 0.25) is 5.02 Å². The van der Waals surface area contributed by atoms with Crippen molar-refractivity contribution in [3.05, 3.63) is 70.1 Å². The van der Waals surface area contributed by atoms with Crippen molar-refractivity contribution in [1.29, 1.82) is 0 Å². The van der Waals surface area contributed by atoms with E-state index in [0.29, 0.717) is 11.1 Å². The van der Waals surface area contributed by atoms with E-state index in [2.05, 4.69) is 38.3 Å². The van der Waals surface area contributed by atoms with E-state index < -0.39 is 0 Å². The Hall–Kier alpha value is -2.06. The van der Waals surface area contributed by atoms with Crippen molar-refractivity contribution < 1.29 is 4.39 Å². The van der Waals surface area contributed by atoms with Crippen LogP contribution in [0.4, 0.5) is 4.39 Å². The maximum absolute atomic E-state index is 14.1. The molecule has 0 aliphatic carbocycles. The monoisotopic (exact) mass is 355 g/mol. The number of nitrogens with zero attached hydrogens (tertiary/aromatic N) is 1. The maximum Gasteiger partial charge on any atom is 0.124 e. The van der Waals surface area contributed by atoms with Crippen LogP contribution in [-0.2, 0) is 0 Å². The molecule has 0 N–H and O–H groups in total. The standard InChI is InChI=1S/C22H23ClFN/c1-13(2)25-16(5)15(4)21(18-10-14(3)11-20(24)12-18)22(25)17-6-8-19(23)9-7-17/h6-13H,1-5H3. The minimum absolute atomic E-state index is 0.202. The minimum Gasteiger partial charge on any atom is -0.342 e. The molecule has 3 aromatic rings. The third-order valence-electron chi connectivity index (χ3n) is 4.72. The van der Waals surface area contributed by atoms with E-state index in [4.69, 9.17) is 11.6 Å². The average Bonchev–Trinajstić information content (AvgIpc) is 2.79. The third-order valence-corrected chi connectivity index (χ3v) is 4.97. The molecule has 3 rings (SSSR count). The average molecular weight is 356 g/mol.